The smallest absolute Gasteiger partial charge is 0.356 e. The minimum Gasteiger partial charge on any atom is -0.476 e. The number of rotatable bonds is 4. The number of amides is 1. The Labute approximate surface area is 86.9 Å². The van der Waals surface area contributed by atoms with Gasteiger partial charge in [-0.1, -0.05) is 0 Å². The van der Waals surface area contributed by atoms with Gasteiger partial charge in [-0.05, 0) is 19.9 Å². The molecule has 0 aliphatic rings. The van der Waals surface area contributed by atoms with E-state index in [2.05, 4.69) is 10.4 Å². The largest absolute Gasteiger partial charge is 0.476 e. The molecule has 0 radical (unpaired) electrons. The van der Waals surface area contributed by atoms with Crippen LogP contribution in [0, 0.1) is 0 Å². The summed E-state index contributed by atoms with van der Waals surface area (Å²) in [5.41, 5.74) is -0.0638. The minimum atomic E-state index is -1.10. The summed E-state index contributed by atoms with van der Waals surface area (Å²) in [5.74, 6) is -1.28. The molecule has 6 nitrogen and oxygen atoms in total. The number of hydrogen-bond acceptors (Lipinski definition) is 3. The molecular weight excluding hydrogens is 198 g/mol. The Bertz CT molecular complexity index is 372. The molecule has 0 saturated heterocycles. The maximum atomic E-state index is 11.4. The molecule has 15 heavy (non-hydrogen) atoms. The summed E-state index contributed by atoms with van der Waals surface area (Å²) in [4.78, 5) is 22.0. The van der Waals surface area contributed by atoms with Crippen LogP contribution in [0.3, 0.4) is 0 Å². The van der Waals surface area contributed by atoms with Crippen LogP contribution in [0.5, 0.6) is 0 Å². The zero-order valence-electron chi connectivity index (χ0n) is 8.60. The lowest BCUT2D eigenvalue weighted by atomic mass is 10.3. The fourth-order valence-electron chi connectivity index (χ4n) is 1.11. The first-order valence-corrected chi connectivity index (χ1v) is 4.62. The minimum absolute atomic E-state index is 0.0638. The van der Waals surface area contributed by atoms with Gasteiger partial charge in [0.05, 0.1) is 0 Å². The summed E-state index contributed by atoms with van der Waals surface area (Å²) in [6.45, 7) is 4.01. The van der Waals surface area contributed by atoms with Crippen molar-refractivity contribution in [3.05, 3.63) is 18.0 Å². The highest BCUT2D eigenvalue weighted by Gasteiger charge is 2.16. The standard InChI is InChI=1S/C9H13N3O3/c1-3-10-8(13)6(2)12-5-4-7(11-12)9(14)15/h4-6H,3H2,1-2H3,(H,10,13)(H,14,15). The van der Waals surface area contributed by atoms with Gasteiger partial charge < -0.3 is 10.4 Å². The van der Waals surface area contributed by atoms with Gasteiger partial charge in [0.25, 0.3) is 0 Å². The van der Waals surface area contributed by atoms with Gasteiger partial charge in [0.1, 0.15) is 6.04 Å². The van der Waals surface area contributed by atoms with E-state index in [0.717, 1.165) is 0 Å². The van der Waals surface area contributed by atoms with Crippen molar-refractivity contribution in [2.75, 3.05) is 6.54 Å². The Kier molecular flexibility index (Phi) is 3.43. The van der Waals surface area contributed by atoms with E-state index in [9.17, 15) is 9.59 Å². The molecular formula is C9H13N3O3. The predicted octanol–water partition coefficient (Wildman–Crippen LogP) is 0.278. The lowest BCUT2D eigenvalue weighted by molar-refractivity contribution is -0.124. The molecule has 0 fully saturated rings. The number of carbonyl (C=O) groups is 2. The second-order valence-corrected chi connectivity index (χ2v) is 3.06. The average molecular weight is 211 g/mol. The maximum absolute atomic E-state index is 11.4. The Morgan fingerprint density at radius 3 is 2.80 bits per heavy atom. The van der Waals surface area contributed by atoms with Crippen molar-refractivity contribution in [2.45, 2.75) is 19.9 Å². The predicted molar refractivity (Wildman–Crippen MR) is 52.6 cm³/mol. The topological polar surface area (TPSA) is 84.2 Å². The van der Waals surface area contributed by atoms with Crippen molar-refractivity contribution in [3.8, 4) is 0 Å². The van der Waals surface area contributed by atoms with Gasteiger partial charge in [0.15, 0.2) is 5.69 Å². The highest BCUT2D eigenvalue weighted by molar-refractivity contribution is 5.85. The Balaban J connectivity index is 2.78. The number of aromatic carboxylic acids is 1. The van der Waals surface area contributed by atoms with Gasteiger partial charge in [0, 0.05) is 12.7 Å². The first kappa shape index (κ1) is 11.2. The molecule has 0 spiro atoms. The Morgan fingerprint density at radius 1 is 1.67 bits per heavy atom. The molecule has 2 N–H and O–H groups in total. The van der Waals surface area contributed by atoms with Crippen molar-refractivity contribution >= 4 is 11.9 Å². The SMILES string of the molecule is CCNC(=O)C(C)n1ccc(C(=O)O)n1. The first-order valence-electron chi connectivity index (χ1n) is 4.62. The summed E-state index contributed by atoms with van der Waals surface area (Å²) in [5, 5.41) is 15.0. The van der Waals surface area contributed by atoms with E-state index < -0.39 is 12.0 Å². The monoisotopic (exact) mass is 211 g/mol. The van der Waals surface area contributed by atoms with Crippen LogP contribution in [0.25, 0.3) is 0 Å². The van der Waals surface area contributed by atoms with Crippen molar-refractivity contribution < 1.29 is 14.7 Å². The van der Waals surface area contributed by atoms with Gasteiger partial charge in [-0.25, -0.2) is 4.79 Å². The quantitative estimate of drug-likeness (QED) is 0.749. The lowest BCUT2D eigenvalue weighted by Crippen LogP contribution is -2.31. The van der Waals surface area contributed by atoms with Crippen LogP contribution >= 0.6 is 0 Å². The van der Waals surface area contributed by atoms with Crippen LogP contribution in [0.2, 0.25) is 0 Å². The van der Waals surface area contributed by atoms with Crippen molar-refractivity contribution in [1.29, 1.82) is 0 Å². The molecule has 1 aromatic heterocycles. The molecule has 0 bridgehead atoms. The van der Waals surface area contributed by atoms with Crippen LogP contribution < -0.4 is 5.32 Å². The molecule has 1 rings (SSSR count). The second-order valence-electron chi connectivity index (χ2n) is 3.06. The van der Waals surface area contributed by atoms with Crippen LogP contribution in [0.4, 0.5) is 0 Å². The molecule has 0 saturated carbocycles. The second kappa shape index (κ2) is 4.59. The summed E-state index contributed by atoms with van der Waals surface area (Å²) in [6, 6.07) is 0.857. The summed E-state index contributed by atoms with van der Waals surface area (Å²) in [6.07, 6.45) is 1.48. The summed E-state index contributed by atoms with van der Waals surface area (Å²) in [7, 11) is 0. The number of carboxylic acids is 1. The van der Waals surface area contributed by atoms with Gasteiger partial charge >= 0.3 is 5.97 Å². The van der Waals surface area contributed by atoms with Crippen LogP contribution in [-0.2, 0) is 4.79 Å². The van der Waals surface area contributed by atoms with Gasteiger partial charge in [0.2, 0.25) is 5.91 Å². The Hall–Kier alpha value is -1.85. The van der Waals surface area contributed by atoms with Crippen molar-refractivity contribution in [3.63, 3.8) is 0 Å². The van der Waals surface area contributed by atoms with Gasteiger partial charge in [-0.2, -0.15) is 5.10 Å². The number of carboxylic acid groups (broad SMARTS) is 1. The van der Waals surface area contributed by atoms with Crippen LogP contribution in [0.15, 0.2) is 12.3 Å². The van der Waals surface area contributed by atoms with E-state index in [-0.39, 0.29) is 11.6 Å². The maximum Gasteiger partial charge on any atom is 0.356 e. The zero-order chi connectivity index (χ0) is 11.4. The van der Waals surface area contributed by atoms with E-state index in [1.54, 1.807) is 6.92 Å². The highest BCUT2D eigenvalue weighted by Crippen LogP contribution is 2.05. The third-order valence-corrected chi connectivity index (χ3v) is 1.95. The normalized spacial score (nSPS) is 12.1. The number of nitrogens with one attached hydrogen (secondary N) is 1. The number of aromatic nitrogens is 2. The fraction of sp³-hybridized carbons (Fsp3) is 0.444. The molecule has 0 aliphatic carbocycles. The lowest BCUT2D eigenvalue weighted by Gasteiger charge is -2.10. The van der Waals surface area contributed by atoms with Crippen molar-refractivity contribution in [2.24, 2.45) is 0 Å². The van der Waals surface area contributed by atoms with E-state index in [1.165, 1.54) is 16.9 Å². The van der Waals surface area contributed by atoms with E-state index in [4.69, 9.17) is 5.11 Å². The van der Waals surface area contributed by atoms with Crippen LogP contribution in [-0.4, -0.2) is 33.3 Å². The number of carbonyl (C=O) groups excluding carboxylic acids is 1. The third-order valence-electron chi connectivity index (χ3n) is 1.95. The van der Waals surface area contributed by atoms with E-state index >= 15 is 0 Å². The van der Waals surface area contributed by atoms with E-state index in [0.29, 0.717) is 6.54 Å². The van der Waals surface area contributed by atoms with Gasteiger partial charge in [-0.15, -0.1) is 0 Å². The first-order chi connectivity index (χ1) is 7.06. The zero-order valence-corrected chi connectivity index (χ0v) is 8.60. The molecule has 1 atom stereocenters. The number of likely N-dealkylation sites (N-methyl/N-ethyl adjacent to an activating group) is 1. The molecule has 82 valence electrons. The fourth-order valence-corrected chi connectivity index (χ4v) is 1.11. The molecule has 6 heteroatoms. The molecule has 1 amide bonds. The molecule has 0 aromatic carbocycles. The highest BCUT2D eigenvalue weighted by atomic mass is 16.4. The summed E-state index contributed by atoms with van der Waals surface area (Å²) >= 11 is 0. The molecule has 1 heterocycles. The third kappa shape index (κ3) is 2.55. The van der Waals surface area contributed by atoms with Gasteiger partial charge in [-0.3, -0.25) is 9.48 Å². The average Bonchev–Trinajstić information content (AvgIpc) is 2.65. The number of hydrogen-bond donors (Lipinski definition) is 2. The van der Waals surface area contributed by atoms with Crippen LogP contribution in [0.1, 0.15) is 30.4 Å². The number of nitrogens with zero attached hydrogens (tertiary/aromatic N) is 2. The molecule has 1 aromatic rings. The van der Waals surface area contributed by atoms with Crippen molar-refractivity contribution in [1.82, 2.24) is 15.1 Å². The molecule has 0 aliphatic heterocycles. The molecule has 1 unspecified atom stereocenters. The summed E-state index contributed by atoms with van der Waals surface area (Å²) < 4.78 is 1.33. The Morgan fingerprint density at radius 2 is 2.33 bits per heavy atom. The van der Waals surface area contributed by atoms with E-state index in [1.807, 2.05) is 6.92 Å².